The summed E-state index contributed by atoms with van der Waals surface area (Å²) in [4.78, 5) is 0. The summed E-state index contributed by atoms with van der Waals surface area (Å²) < 4.78 is 11.4. The van der Waals surface area contributed by atoms with Crippen molar-refractivity contribution in [3.63, 3.8) is 0 Å². The van der Waals surface area contributed by atoms with Crippen LogP contribution in [0, 0.1) is 0 Å². The van der Waals surface area contributed by atoms with Gasteiger partial charge in [-0.05, 0) is 30.4 Å². The third kappa shape index (κ3) is 2.44. The molecule has 2 aliphatic rings. The minimum absolute atomic E-state index is 0.00249. The molecule has 0 aromatic heterocycles. The van der Waals surface area contributed by atoms with E-state index in [1.54, 1.807) is 0 Å². The summed E-state index contributed by atoms with van der Waals surface area (Å²) >= 11 is 0. The zero-order chi connectivity index (χ0) is 12.4. The summed E-state index contributed by atoms with van der Waals surface area (Å²) in [5, 5.41) is 10.2. The molecule has 1 aromatic rings. The van der Waals surface area contributed by atoms with E-state index in [-0.39, 0.29) is 12.2 Å². The number of fused-ring (bicyclic) bond motifs is 1. The van der Waals surface area contributed by atoms with Crippen LogP contribution in [0.4, 0.5) is 0 Å². The van der Waals surface area contributed by atoms with Gasteiger partial charge in [0.1, 0.15) is 0 Å². The third-order valence-corrected chi connectivity index (χ3v) is 3.94. The van der Waals surface area contributed by atoms with Crippen LogP contribution in [0.5, 0.6) is 0 Å². The zero-order valence-electron chi connectivity index (χ0n) is 10.5. The number of aliphatic hydroxyl groups excluding tert-OH is 1. The Labute approximate surface area is 108 Å². The molecule has 2 aliphatic heterocycles. The number of benzene rings is 1. The van der Waals surface area contributed by atoms with E-state index < -0.39 is 6.10 Å². The molecule has 3 rings (SSSR count). The second kappa shape index (κ2) is 5.39. The smallest absolute Gasteiger partial charge is 0.0853 e. The van der Waals surface area contributed by atoms with Crippen LogP contribution in [0.25, 0.3) is 0 Å². The molecule has 98 valence electrons. The Morgan fingerprint density at radius 1 is 1.22 bits per heavy atom. The molecule has 18 heavy (non-hydrogen) atoms. The number of ether oxygens (including phenoxy) is 2. The van der Waals surface area contributed by atoms with Gasteiger partial charge in [0.2, 0.25) is 0 Å². The lowest BCUT2D eigenvalue weighted by molar-refractivity contribution is -0.0478. The maximum Gasteiger partial charge on any atom is 0.0853 e. The maximum atomic E-state index is 10.2. The second-order valence-electron chi connectivity index (χ2n) is 5.16. The second-order valence-corrected chi connectivity index (χ2v) is 5.16. The topological polar surface area (TPSA) is 38.7 Å². The van der Waals surface area contributed by atoms with Gasteiger partial charge in [0.25, 0.3) is 0 Å². The summed E-state index contributed by atoms with van der Waals surface area (Å²) in [5.41, 5.74) is 2.59. The molecule has 0 saturated carbocycles. The number of hydrogen-bond donors (Lipinski definition) is 1. The van der Waals surface area contributed by atoms with Gasteiger partial charge in [-0.3, -0.25) is 0 Å². The van der Waals surface area contributed by atoms with Crippen molar-refractivity contribution in [3.8, 4) is 0 Å². The predicted molar refractivity (Wildman–Crippen MR) is 68.4 cm³/mol. The lowest BCUT2D eigenvalue weighted by Gasteiger charge is -2.29. The molecule has 0 radical (unpaired) electrons. The van der Waals surface area contributed by atoms with Crippen molar-refractivity contribution in [1.29, 1.82) is 0 Å². The van der Waals surface area contributed by atoms with E-state index in [9.17, 15) is 5.11 Å². The number of hydrogen-bond acceptors (Lipinski definition) is 3. The quantitative estimate of drug-likeness (QED) is 0.891. The Kier molecular flexibility index (Phi) is 3.64. The molecule has 3 heteroatoms. The van der Waals surface area contributed by atoms with Gasteiger partial charge < -0.3 is 14.6 Å². The van der Waals surface area contributed by atoms with E-state index in [1.807, 2.05) is 6.07 Å². The molecule has 3 unspecified atom stereocenters. The van der Waals surface area contributed by atoms with Gasteiger partial charge in [0.05, 0.1) is 24.9 Å². The van der Waals surface area contributed by atoms with Gasteiger partial charge in [-0.2, -0.15) is 0 Å². The molecule has 0 aliphatic carbocycles. The highest BCUT2D eigenvalue weighted by molar-refractivity contribution is 5.30. The van der Waals surface area contributed by atoms with E-state index in [0.717, 1.165) is 32.5 Å². The largest absolute Gasteiger partial charge is 0.390 e. The Hall–Kier alpha value is -0.900. The molecular weight excluding hydrogens is 228 g/mol. The average molecular weight is 248 g/mol. The first-order valence-electron chi connectivity index (χ1n) is 6.83. The minimum Gasteiger partial charge on any atom is -0.390 e. The maximum absolute atomic E-state index is 10.2. The van der Waals surface area contributed by atoms with Crippen LogP contribution < -0.4 is 0 Å². The monoisotopic (exact) mass is 248 g/mol. The van der Waals surface area contributed by atoms with Crippen LogP contribution in [0.2, 0.25) is 0 Å². The third-order valence-electron chi connectivity index (χ3n) is 3.94. The fourth-order valence-corrected chi connectivity index (χ4v) is 2.95. The van der Waals surface area contributed by atoms with Gasteiger partial charge in [0, 0.05) is 13.0 Å². The fraction of sp³-hybridized carbons (Fsp3) is 0.600. The SMILES string of the molecule is OC(CC1OCCc2ccccc21)C1CCCO1. The van der Waals surface area contributed by atoms with Crippen molar-refractivity contribution in [2.24, 2.45) is 0 Å². The lowest BCUT2D eigenvalue weighted by Crippen LogP contribution is -2.29. The van der Waals surface area contributed by atoms with Gasteiger partial charge in [-0.15, -0.1) is 0 Å². The summed E-state index contributed by atoms with van der Waals surface area (Å²) in [5.74, 6) is 0. The Balaban J connectivity index is 1.70. The fourth-order valence-electron chi connectivity index (χ4n) is 2.95. The first-order chi connectivity index (χ1) is 8.84. The highest BCUT2D eigenvalue weighted by atomic mass is 16.5. The lowest BCUT2D eigenvalue weighted by atomic mass is 9.92. The van der Waals surface area contributed by atoms with Crippen molar-refractivity contribution in [1.82, 2.24) is 0 Å². The summed E-state index contributed by atoms with van der Waals surface area (Å²) in [7, 11) is 0. The van der Waals surface area contributed by atoms with E-state index in [1.165, 1.54) is 11.1 Å². The molecule has 1 N–H and O–H groups in total. The Morgan fingerprint density at radius 3 is 2.94 bits per heavy atom. The van der Waals surface area contributed by atoms with Crippen LogP contribution in [0.15, 0.2) is 24.3 Å². The van der Waals surface area contributed by atoms with Crippen molar-refractivity contribution in [3.05, 3.63) is 35.4 Å². The zero-order valence-corrected chi connectivity index (χ0v) is 10.5. The molecule has 0 bridgehead atoms. The van der Waals surface area contributed by atoms with E-state index in [0.29, 0.717) is 6.42 Å². The molecule has 1 aromatic carbocycles. The molecule has 3 nitrogen and oxygen atoms in total. The standard InChI is InChI=1S/C15H20O3/c16-13(14-6-3-8-17-14)10-15-12-5-2-1-4-11(12)7-9-18-15/h1-2,4-5,13-16H,3,6-10H2. The van der Waals surface area contributed by atoms with Crippen LogP contribution in [0.1, 0.15) is 36.5 Å². The van der Waals surface area contributed by atoms with Crippen molar-refractivity contribution < 1.29 is 14.6 Å². The van der Waals surface area contributed by atoms with Gasteiger partial charge in [-0.25, -0.2) is 0 Å². The Morgan fingerprint density at radius 2 is 2.11 bits per heavy atom. The number of aliphatic hydroxyl groups is 1. The molecule has 3 atom stereocenters. The van der Waals surface area contributed by atoms with Crippen molar-refractivity contribution in [2.75, 3.05) is 13.2 Å². The highest BCUT2D eigenvalue weighted by Gasteiger charge is 2.29. The van der Waals surface area contributed by atoms with E-state index >= 15 is 0 Å². The van der Waals surface area contributed by atoms with E-state index in [2.05, 4.69) is 18.2 Å². The van der Waals surface area contributed by atoms with Crippen molar-refractivity contribution >= 4 is 0 Å². The van der Waals surface area contributed by atoms with Gasteiger partial charge >= 0.3 is 0 Å². The molecule has 2 heterocycles. The molecule has 1 fully saturated rings. The van der Waals surface area contributed by atoms with Crippen LogP contribution in [-0.2, 0) is 15.9 Å². The molecule has 0 amide bonds. The van der Waals surface area contributed by atoms with Crippen LogP contribution in [-0.4, -0.2) is 30.5 Å². The predicted octanol–water partition coefficient (Wildman–Crippen LogP) is 2.23. The average Bonchev–Trinajstić information content (AvgIpc) is 2.93. The molecule has 0 spiro atoms. The summed E-state index contributed by atoms with van der Waals surface area (Å²) in [6.07, 6.45) is 3.25. The normalized spacial score (nSPS) is 28.9. The first kappa shape index (κ1) is 12.2. The van der Waals surface area contributed by atoms with Crippen LogP contribution >= 0.6 is 0 Å². The van der Waals surface area contributed by atoms with Gasteiger partial charge in [0.15, 0.2) is 0 Å². The Bertz CT molecular complexity index is 398. The molecular formula is C15H20O3. The van der Waals surface area contributed by atoms with Crippen LogP contribution in [0.3, 0.4) is 0 Å². The number of rotatable bonds is 3. The highest BCUT2D eigenvalue weighted by Crippen LogP contribution is 2.32. The minimum atomic E-state index is -0.413. The van der Waals surface area contributed by atoms with Gasteiger partial charge in [-0.1, -0.05) is 24.3 Å². The van der Waals surface area contributed by atoms with Crippen molar-refractivity contribution in [2.45, 2.75) is 44.0 Å². The summed E-state index contributed by atoms with van der Waals surface area (Å²) in [6, 6.07) is 8.38. The first-order valence-corrected chi connectivity index (χ1v) is 6.83. The van der Waals surface area contributed by atoms with E-state index in [4.69, 9.17) is 9.47 Å². The summed E-state index contributed by atoms with van der Waals surface area (Å²) in [6.45, 7) is 1.53. The molecule has 1 saturated heterocycles.